The summed E-state index contributed by atoms with van der Waals surface area (Å²) in [7, 11) is 1.58. The summed E-state index contributed by atoms with van der Waals surface area (Å²) in [6.45, 7) is 3.77. The van der Waals surface area contributed by atoms with Gasteiger partial charge in [-0.05, 0) is 36.8 Å². The summed E-state index contributed by atoms with van der Waals surface area (Å²) in [5.41, 5.74) is 8.68. The third kappa shape index (κ3) is 4.64. The van der Waals surface area contributed by atoms with Gasteiger partial charge in [0, 0.05) is 19.1 Å². The lowest BCUT2D eigenvalue weighted by Gasteiger charge is -2.07. The fourth-order valence-corrected chi connectivity index (χ4v) is 2.73. The number of carbonyl (C=O) groups excluding carboxylic acids is 1. The number of ether oxygens (including phenoxy) is 2. The first-order valence-electron chi connectivity index (χ1n) is 8.72. The van der Waals surface area contributed by atoms with Crippen LogP contribution in [0.3, 0.4) is 0 Å². The molecule has 3 rings (SSSR count). The number of anilines is 1. The average Bonchev–Trinajstić information content (AvgIpc) is 3.07. The van der Waals surface area contributed by atoms with Crippen LogP contribution in [0.25, 0.3) is 11.0 Å². The second-order valence-corrected chi connectivity index (χ2v) is 6.07. The molecular weight excluding hydrogens is 346 g/mol. The van der Waals surface area contributed by atoms with Crippen molar-refractivity contribution in [2.24, 2.45) is 0 Å². The van der Waals surface area contributed by atoms with Crippen LogP contribution in [0.1, 0.15) is 34.3 Å². The van der Waals surface area contributed by atoms with Crippen LogP contribution >= 0.6 is 0 Å². The molecule has 0 spiro atoms. The molecule has 1 aromatic carbocycles. The largest absolute Gasteiger partial charge is 0.459 e. The van der Waals surface area contributed by atoms with Gasteiger partial charge in [-0.25, -0.2) is 4.98 Å². The molecule has 2 heterocycles. The van der Waals surface area contributed by atoms with Crippen molar-refractivity contribution in [2.75, 3.05) is 19.5 Å². The van der Waals surface area contributed by atoms with E-state index in [2.05, 4.69) is 10.3 Å². The molecule has 0 saturated carbocycles. The molecule has 142 valence electrons. The van der Waals surface area contributed by atoms with E-state index in [1.54, 1.807) is 19.2 Å². The SMILES string of the molecule is CCOCc1ccc2cc(CNC(=O)c3ccc(COC)nc3N)oc2c1. The molecular formula is C20H23N3O4. The van der Waals surface area contributed by atoms with Gasteiger partial charge in [0.2, 0.25) is 0 Å². The lowest BCUT2D eigenvalue weighted by Crippen LogP contribution is -2.24. The van der Waals surface area contributed by atoms with E-state index >= 15 is 0 Å². The zero-order valence-corrected chi connectivity index (χ0v) is 15.5. The number of hydrogen-bond acceptors (Lipinski definition) is 6. The van der Waals surface area contributed by atoms with Gasteiger partial charge in [0.15, 0.2) is 0 Å². The number of methoxy groups -OCH3 is 1. The smallest absolute Gasteiger partial charge is 0.255 e. The fraction of sp³-hybridized carbons (Fsp3) is 0.300. The molecule has 0 aliphatic heterocycles. The Kier molecular flexibility index (Phi) is 6.05. The molecule has 0 aliphatic carbocycles. The highest BCUT2D eigenvalue weighted by molar-refractivity contribution is 5.98. The Labute approximate surface area is 157 Å². The van der Waals surface area contributed by atoms with Crippen LogP contribution in [0.4, 0.5) is 5.82 Å². The van der Waals surface area contributed by atoms with E-state index < -0.39 is 0 Å². The van der Waals surface area contributed by atoms with Crippen LogP contribution in [0, 0.1) is 0 Å². The summed E-state index contributed by atoms with van der Waals surface area (Å²) in [5, 5.41) is 3.79. The van der Waals surface area contributed by atoms with E-state index in [-0.39, 0.29) is 18.3 Å². The number of benzene rings is 1. The molecule has 0 bridgehead atoms. The quantitative estimate of drug-likeness (QED) is 0.633. The third-order valence-electron chi connectivity index (χ3n) is 4.05. The Morgan fingerprint density at radius 1 is 1.22 bits per heavy atom. The van der Waals surface area contributed by atoms with Gasteiger partial charge in [-0.2, -0.15) is 0 Å². The third-order valence-corrected chi connectivity index (χ3v) is 4.05. The van der Waals surface area contributed by atoms with Crippen molar-refractivity contribution in [1.82, 2.24) is 10.3 Å². The highest BCUT2D eigenvalue weighted by Crippen LogP contribution is 2.21. The molecule has 27 heavy (non-hydrogen) atoms. The minimum absolute atomic E-state index is 0.173. The van der Waals surface area contributed by atoms with E-state index in [1.807, 2.05) is 31.2 Å². The number of fused-ring (bicyclic) bond motifs is 1. The molecule has 0 fully saturated rings. The Bertz CT molecular complexity index is 936. The number of hydrogen-bond donors (Lipinski definition) is 2. The van der Waals surface area contributed by atoms with Gasteiger partial charge in [0.25, 0.3) is 5.91 Å². The van der Waals surface area contributed by atoms with Crippen LogP contribution in [0.15, 0.2) is 40.8 Å². The summed E-state index contributed by atoms with van der Waals surface area (Å²) in [5.74, 6) is 0.531. The zero-order valence-electron chi connectivity index (χ0n) is 15.5. The summed E-state index contributed by atoms with van der Waals surface area (Å²) in [6.07, 6.45) is 0. The Hall–Kier alpha value is -2.90. The van der Waals surface area contributed by atoms with Crippen LogP contribution in [-0.4, -0.2) is 24.6 Å². The maximum atomic E-state index is 12.4. The first kappa shape index (κ1) is 18.9. The standard InChI is InChI=1S/C20H23N3O4/c1-3-26-11-13-4-5-14-9-16(27-18(14)8-13)10-22-20(24)17-7-6-15(12-25-2)23-19(17)21/h4-9H,3,10-12H2,1-2H3,(H2,21,23)(H,22,24). The Morgan fingerprint density at radius 2 is 2.07 bits per heavy atom. The summed E-state index contributed by atoms with van der Waals surface area (Å²) < 4.78 is 16.2. The van der Waals surface area contributed by atoms with Crippen molar-refractivity contribution in [1.29, 1.82) is 0 Å². The maximum absolute atomic E-state index is 12.4. The van der Waals surface area contributed by atoms with Gasteiger partial charge in [0.1, 0.15) is 17.2 Å². The second-order valence-electron chi connectivity index (χ2n) is 6.07. The van der Waals surface area contributed by atoms with Crippen LogP contribution in [-0.2, 0) is 29.2 Å². The summed E-state index contributed by atoms with van der Waals surface area (Å²) in [4.78, 5) is 16.5. The van der Waals surface area contributed by atoms with E-state index in [1.165, 1.54) is 0 Å². The number of aromatic nitrogens is 1. The van der Waals surface area contributed by atoms with Crippen molar-refractivity contribution in [3.63, 3.8) is 0 Å². The lowest BCUT2D eigenvalue weighted by molar-refractivity contribution is 0.0948. The molecule has 7 heteroatoms. The van der Waals surface area contributed by atoms with E-state index in [0.29, 0.717) is 36.8 Å². The lowest BCUT2D eigenvalue weighted by atomic mass is 10.2. The molecule has 3 N–H and O–H groups in total. The minimum Gasteiger partial charge on any atom is -0.459 e. The predicted octanol–water partition coefficient (Wildman–Crippen LogP) is 3.02. The number of nitrogens with zero attached hydrogens (tertiary/aromatic N) is 1. The number of furan rings is 1. The minimum atomic E-state index is -0.304. The van der Waals surface area contributed by atoms with Gasteiger partial charge >= 0.3 is 0 Å². The van der Waals surface area contributed by atoms with Crippen molar-refractivity contribution >= 4 is 22.7 Å². The molecule has 2 aromatic heterocycles. The highest BCUT2D eigenvalue weighted by atomic mass is 16.5. The zero-order chi connectivity index (χ0) is 19.2. The molecule has 7 nitrogen and oxygen atoms in total. The molecule has 1 amide bonds. The van der Waals surface area contributed by atoms with Crippen molar-refractivity contribution < 1.29 is 18.7 Å². The van der Waals surface area contributed by atoms with E-state index in [9.17, 15) is 4.79 Å². The normalized spacial score (nSPS) is 11.0. The topological polar surface area (TPSA) is 99.6 Å². The molecule has 0 aliphatic rings. The van der Waals surface area contributed by atoms with Crippen LogP contribution in [0.2, 0.25) is 0 Å². The first-order chi connectivity index (χ1) is 13.1. The maximum Gasteiger partial charge on any atom is 0.255 e. The van der Waals surface area contributed by atoms with Gasteiger partial charge in [-0.1, -0.05) is 12.1 Å². The molecule has 0 atom stereocenters. The van der Waals surface area contributed by atoms with Gasteiger partial charge < -0.3 is 24.9 Å². The van der Waals surface area contributed by atoms with Crippen molar-refractivity contribution in [3.05, 3.63) is 59.0 Å². The highest BCUT2D eigenvalue weighted by Gasteiger charge is 2.13. The fourth-order valence-electron chi connectivity index (χ4n) is 2.73. The molecule has 3 aromatic rings. The summed E-state index contributed by atoms with van der Waals surface area (Å²) >= 11 is 0. The van der Waals surface area contributed by atoms with Gasteiger partial charge in [-0.3, -0.25) is 4.79 Å². The van der Waals surface area contributed by atoms with Crippen molar-refractivity contribution in [3.8, 4) is 0 Å². The average molecular weight is 369 g/mol. The number of carbonyl (C=O) groups is 1. The Morgan fingerprint density at radius 3 is 2.81 bits per heavy atom. The van der Waals surface area contributed by atoms with Gasteiger partial charge in [-0.15, -0.1) is 0 Å². The second kappa shape index (κ2) is 8.66. The van der Waals surface area contributed by atoms with E-state index in [4.69, 9.17) is 19.6 Å². The molecule has 0 saturated heterocycles. The number of rotatable bonds is 8. The number of nitrogens with two attached hydrogens (primary N) is 1. The number of amides is 1. The van der Waals surface area contributed by atoms with Crippen LogP contribution < -0.4 is 11.1 Å². The molecule has 0 radical (unpaired) electrons. The van der Waals surface area contributed by atoms with Gasteiger partial charge in [0.05, 0.1) is 31.0 Å². The summed E-state index contributed by atoms with van der Waals surface area (Å²) in [6, 6.07) is 11.2. The van der Waals surface area contributed by atoms with Crippen LogP contribution in [0.5, 0.6) is 0 Å². The number of pyridine rings is 1. The van der Waals surface area contributed by atoms with Crippen molar-refractivity contribution in [2.45, 2.75) is 26.7 Å². The number of nitrogens with one attached hydrogen (secondary N) is 1. The number of nitrogen functional groups attached to an aromatic ring is 1. The predicted molar refractivity (Wildman–Crippen MR) is 102 cm³/mol. The molecule has 0 unspecified atom stereocenters. The van der Waals surface area contributed by atoms with E-state index in [0.717, 1.165) is 16.5 Å². The first-order valence-corrected chi connectivity index (χ1v) is 8.72. The Balaban J connectivity index is 1.66. The monoisotopic (exact) mass is 369 g/mol.